The van der Waals surface area contributed by atoms with Crippen molar-refractivity contribution in [2.24, 2.45) is 0 Å². The molecule has 0 spiro atoms. The van der Waals surface area contributed by atoms with Crippen LogP contribution < -0.4 is 0 Å². The predicted molar refractivity (Wildman–Crippen MR) is 117 cm³/mol. The number of ether oxygens (including phenoxy) is 2. The Kier molecular flexibility index (Phi) is 9.51. The zero-order valence-corrected chi connectivity index (χ0v) is 20.6. The number of fused-ring (bicyclic) bond motifs is 2. The summed E-state index contributed by atoms with van der Waals surface area (Å²) in [6.07, 6.45) is 1.20. The lowest BCUT2D eigenvalue weighted by Gasteiger charge is -2.38. The van der Waals surface area contributed by atoms with Crippen molar-refractivity contribution in [3.63, 3.8) is 0 Å². The highest BCUT2D eigenvalue weighted by molar-refractivity contribution is 7.57. The fourth-order valence-corrected chi connectivity index (χ4v) is 6.33. The minimum absolute atomic E-state index is 0.171. The molecule has 2 aliphatic rings. The Balaban J connectivity index is 2.31. The smallest absolute Gasteiger partial charge is 0.353 e. The van der Waals surface area contributed by atoms with E-state index in [-0.39, 0.29) is 43.8 Å². The summed E-state index contributed by atoms with van der Waals surface area (Å²) in [5, 5.41) is 8.91. The van der Waals surface area contributed by atoms with Crippen LogP contribution in [0.1, 0.15) is 34.1 Å². The molecule has 5 atom stereocenters. The molecule has 0 aromatic heterocycles. The Morgan fingerprint density at radius 1 is 1.33 bits per heavy atom. The average Bonchev–Trinajstić information content (AvgIpc) is 3.16. The maximum absolute atomic E-state index is 12.5. The number of nitriles is 1. The van der Waals surface area contributed by atoms with Crippen LogP contribution in [0.3, 0.4) is 0 Å². The van der Waals surface area contributed by atoms with Gasteiger partial charge in [0.2, 0.25) is 0 Å². The lowest BCUT2D eigenvalue weighted by Crippen LogP contribution is -2.41. The van der Waals surface area contributed by atoms with Crippen LogP contribution in [0.2, 0.25) is 0 Å². The van der Waals surface area contributed by atoms with Crippen LogP contribution in [0.15, 0.2) is 11.9 Å². The average molecular weight is 462 g/mol. The van der Waals surface area contributed by atoms with E-state index in [2.05, 4.69) is 38.4 Å². The molecule has 2 bridgehead atoms. The lowest BCUT2D eigenvalue weighted by molar-refractivity contribution is -0.0920. The van der Waals surface area contributed by atoms with E-state index >= 15 is 0 Å². The second kappa shape index (κ2) is 11.0. The lowest BCUT2D eigenvalue weighted by atomic mass is 9.92. The molecule has 0 saturated carbocycles. The maximum Gasteiger partial charge on any atom is 0.353 e. The monoisotopic (exact) mass is 462 g/mol. The van der Waals surface area contributed by atoms with Crippen molar-refractivity contribution >= 4 is 24.0 Å². The molecule has 2 saturated heterocycles. The van der Waals surface area contributed by atoms with Gasteiger partial charge in [0.25, 0.3) is 8.53 Å². The summed E-state index contributed by atoms with van der Waals surface area (Å²) in [4.78, 5) is 0. The van der Waals surface area contributed by atoms with Crippen molar-refractivity contribution in [2.75, 3.05) is 27.4 Å². The fourth-order valence-electron chi connectivity index (χ4n) is 3.71. The van der Waals surface area contributed by atoms with Gasteiger partial charge in [-0.1, -0.05) is 0 Å². The fraction of sp³-hybridized carbons (Fsp3) is 0.833. The molecule has 0 aromatic rings. The summed E-state index contributed by atoms with van der Waals surface area (Å²) in [7, 11) is -0.264. The third kappa shape index (κ3) is 5.72. The zero-order valence-electron chi connectivity index (χ0n) is 18.8. The van der Waals surface area contributed by atoms with Crippen molar-refractivity contribution < 1.29 is 32.1 Å². The molecular weight excluding hydrogens is 429 g/mol. The topological polar surface area (TPSA) is 99.5 Å². The Morgan fingerprint density at radius 2 is 1.97 bits per heavy atom. The van der Waals surface area contributed by atoms with Gasteiger partial charge in [0.05, 0.1) is 31.7 Å². The zero-order chi connectivity index (χ0) is 22.5. The van der Waals surface area contributed by atoms with Gasteiger partial charge in [-0.3, -0.25) is 4.57 Å². The van der Waals surface area contributed by atoms with Gasteiger partial charge in [0, 0.05) is 32.1 Å². The SMILES string of the molecule is B[C@@H]1O[C@@]2(/C=C/P(=O)(OC)OC)CO[C@@H]1[C@@H]2OP(OCCC#N)N(C(C)C)C(C)C. The largest absolute Gasteiger partial charge is 0.370 e. The molecule has 2 rings (SSSR count). The summed E-state index contributed by atoms with van der Waals surface area (Å²) in [5.41, 5.74) is -0.921. The second-order valence-electron chi connectivity index (χ2n) is 7.85. The van der Waals surface area contributed by atoms with E-state index in [9.17, 15) is 4.57 Å². The van der Waals surface area contributed by atoms with E-state index < -0.39 is 27.8 Å². The number of hydrogen-bond donors (Lipinski definition) is 0. The Bertz CT molecular complexity index is 674. The minimum Gasteiger partial charge on any atom is -0.370 e. The third-order valence-corrected chi connectivity index (χ3v) is 8.71. The molecule has 2 heterocycles. The highest BCUT2D eigenvalue weighted by Gasteiger charge is 2.61. The Hall–Kier alpha value is -0.325. The normalized spacial score (nSPS) is 30.1. The summed E-state index contributed by atoms with van der Waals surface area (Å²) in [6, 6.07) is 2.24. The molecule has 0 aromatic carbocycles. The second-order valence-corrected chi connectivity index (χ2v) is 11.4. The van der Waals surface area contributed by atoms with E-state index in [1.54, 1.807) is 6.08 Å². The molecule has 0 radical (unpaired) electrons. The number of hydrogen-bond acceptors (Lipinski definition) is 9. The first-order valence-electron chi connectivity index (χ1n) is 10.1. The Labute approximate surface area is 181 Å². The van der Waals surface area contributed by atoms with Gasteiger partial charge in [-0.25, -0.2) is 4.67 Å². The molecule has 0 amide bonds. The van der Waals surface area contributed by atoms with Crippen LogP contribution in [0, 0.1) is 11.3 Å². The van der Waals surface area contributed by atoms with Crippen molar-refractivity contribution in [1.29, 1.82) is 5.26 Å². The van der Waals surface area contributed by atoms with Crippen LogP contribution in [0.25, 0.3) is 0 Å². The highest BCUT2D eigenvalue weighted by atomic mass is 31.2. The molecule has 12 heteroatoms. The Morgan fingerprint density at radius 3 is 2.47 bits per heavy atom. The van der Waals surface area contributed by atoms with Crippen LogP contribution in [-0.4, -0.2) is 75.8 Å². The van der Waals surface area contributed by atoms with E-state index in [4.69, 9.17) is 32.8 Å². The molecule has 1 unspecified atom stereocenters. The van der Waals surface area contributed by atoms with Gasteiger partial charge in [0.15, 0.2) is 0 Å². The van der Waals surface area contributed by atoms with Crippen molar-refractivity contribution in [1.82, 2.24) is 4.67 Å². The molecular formula is C18H33BN2O7P2. The molecule has 170 valence electrons. The van der Waals surface area contributed by atoms with Crippen molar-refractivity contribution in [2.45, 2.75) is 70.0 Å². The van der Waals surface area contributed by atoms with Gasteiger partial charge in [-0.15, -0.1) is 0 Å². The first kappa shape index (κ1) is 25.9. The molecule has 2 fully saturated rings. The maximum atomic E-state index is 12.5. The van der Waals surface area contributed by atoms with Gasteiger partial charge >= 0.3 is 7.60 Å². The summed E-state index contributed by atoms with van der Waals surface area (Å²) < 4.78 is 49.4. The molecule has 30 heavy (non-hydrogen) atoms. The number of nitrogens with zero attached hydrogens (tertiary/aromatic N) is 2. The highest BCUT2D eigenvalue weighted by Crippen LogP contribution is 2.55. The molecule has 0 N–H and O–H groups in total. The third-order valence-electron chi connectivity index (χ3n) is 5.06. The molecule has 2 aliphatic heterocycles. The minimum atomic E-state index is -3.37. The van der Waals surface area contributed by atoms with Crippen molar-refractivity contribution in [3.8, 4) is 6.07 Å². The van der Waals surface area contributed by atoms with Gasteiger partial charge in [0.1, 0.15) is 25.7 Å². The van der Waals surface area contributed by atoms with Crippen LogP contribution >= 0.6 is 16.1 Å². The number of rotatable bonds is 12. The van der Waals surface area contributed by atoms with Gasteiger partial charge in [-0.2, -0.15) is 5.26 Å². The molecule has 9 nitrogen and oxygen atoms in total. The predicted octanol–water partition coefficient (Wildman–Crippen LogP) is 2.77. The first-order chi connectivity index (χ1) is 14.1. The quantitative estimate of drug-likeness (QED) is 0.246. The van der Waals surface area contributed by atoms with Crippen molar-refractivity contribution in [3.05, 3.63) is 11.9 Å². The van der Waals surface area contributed by atoms with Crippen LogP contribution in [-0.2, 0) is 32.1 Å². The van der Waals surface area contributed by atoms with E-state index in [0.717, 1.165) is 0 Å². The van der Waals surface area contributed by atoms with Gasteiger partial charge in [-0.05, 0) is 33.8 Å². The van der Waals surface area contributed by atoms with Crippen LogP contribution in [0.4, 0.5) is 0 Å². The summed E-state index contributed by atoms with van der Waals surface area (Å²) in [6.45, 7) is 8.85. The first-order valence-corrected chi connectivity index (χ1v) is 12.8. The van der Waals surface area contributed by atoms with Gasteiger partial charge < -0.3 is 27.6 Å². The van der Waals surface area contributed by atoms with E-state index in [1.165, 1.54) is 20.0 Å². The standard InChI is InChI=1S/C18H33BN2O7P2/c1-13(2)21(14(3)4)29(26-10-7-9-20)28-16-15-17(19)27-18(16,12-25-15)8-11-30(22,23-5)24-6/h8,11,13-17H,7,10,12,19H2,1-6H3/b11-8+/t15-,16+,17-,18+,29?/m1/s1. The van der Waals surface area contributed by atoms with Crippen LogP contribution in [0.5, 0.6) is 0 Å². The molecule has 0 aliphatic carbocycles. The summed E-state index contributed by atoms with van der Waals surface area (Å²) >= 11 is 0. The van der Waals surface area contributed by atoms with E-state index in [0.29, 0.717) is 0 Å². The summed E-state index contributed by atoms with van der Waals surface area (Å²) in [5.74, 6) is 1.40. The van der Waals surface area contributed by atoms with E-state index in [1.807, 2.05) is 7.85 Å².